The smallest absolute Gasteiger partial charge is 0.239 e. The van der Waals surface area contributed by atoms with Crippen LogP contribution in [0.15, 0.2) is 12.3 Å². The van der Waals surface area contributed by atoms with Crippen LogP contribution in [0.5, 0.6) is 0 Å². The van der Waals surface area contributed by atoms with Crippen molar-refractivity contribution < 1.29 is 4.79 Å². The Balaban J connectivity index is 2.37. The first-order valence-electron chi connectivity index (χ1n) is 4.71. The first-order chi connectivity index (χ1) is 7.22. The monoisotopic (exact) mass is 228 g/mol. The summed E-state index contributed by atoms with van der Waals surface area (Å²) in [6, 6.07) is 1.59. The minimum atomic E-state index is -0.141. The first-order valence-corrected chi connectivity index (χ1v) is 5.09. The van der Waals surface area contributed by atoms with Crippen LogP contribution in [-0.2, 0) is 4.79 Å². The van der Waals surface area contributed by atoms with E-state index < -0.39 is 0 Å². The van der Waals surface area contributed by atoms with Gasteiger partial charge in [-0.15, -0.1) is 0 Å². The molecule has 0 aliphatic rings. The molecule has 1 aromatic rings. The lowest BCUT2D eigenvalue weighted by atomic mass is 10.4. The number of aromatic nitrogens is 2. The Bertz CT molecular complexity index is 332. The van der Waals surface area contributed by atoms with Crippen LogP contribution in [0.3, 0.4) is 0 Å². The SMILES string of the molecule is CCCNCC(=O)Nc1ccnc(Cl)n1. The Morgan fingerprint density at radius 1 is 1.60 bits per heavy atom. The van der Waals surface area contributed by atoms with E-state index in [-0.39, 0.29) is 17.7 Å². The highest BCUT2D eigenvalue weighted by Crippen LogP contribution is 2.04. The molecule has 0 bridgehead atoms. The summed E-state index contributed by atoms with van der Waals surface area (Å²) in [5.41, 5.74) is 0. The third kappa shape index (κ3) is 4.71. The molecule has 1 rings (SSSR count). The summed E-state index contributed by atoms with van der Waals surface area (Å²) in [7, 11) is 0. The number of rotatable bonds is 5. The number of nitrogens with one attached hydrogen (secondary N) is 2. The van der Waals surface area contributed by atoms with Gasteiger partial charge in [-0.1, -0.05) is 6.92 Å². The van der Waals surface area contributed by atoms with Crippen LogP contribution < -0.4 is 10.6 Å². The van der Waals surface area contributed by atoms with Gasteiger partial charge in [-0.25, -0.2) is 9.97 Å². The van der Waals surface area contributed by atoms with Crippen molar-refractivity contribution in [1.29, 1.82) is 0 Å². The van der Waals surface area contributed by atoms with E-state index in [1.165, 1.54) is 6.20 Å². The van der Waals surface area contributed by atoms with Crippen LogP contribution >= 0.6 is 11.6 Å². The highest BCUT2D eigenvalue weighted by atomic mass is 35.5. The Morgan fingerprint density at radius 3 is 3.07 bits per heavy atom. The lowest BCUT2D eigenvalue weighted by Crippen LogP contribution is -2.28. The van der Waals surface area contributed by atoms with Crippen molar-refractivity contribution in [2.24, 2.45) is 0 Å². The van der Waals surface area contributed by atoms with Crippen molar-refractivity contribution in [2.45, 2.75) is 13.3 Å². The summed E-state index contributed by atoms with van der Waals surface area (Å²) in [4.78, 5) is 18.9. The van der Waals surface area contributed by atoms with E-state index >= 15 is 0 Å². The fourth-order valence-electron chi connectivity index (χ4n) is 0.970. The molecular formula is C9H13ClN4O. The van der Waals surface area contributed by atoms with Crippen LogP contribution in [0.2, 0.25) is 5.28 Å². The summed E-state index contributed by atoms with van der Waals surface area (Å²) in [5.74, 6) is 0.275. The van der Waals surface area contributed by atoms with Gasteiger partial charge in [-0.05, 0) is 30.6 Å². The lowest BCUT2D eigenvalue weighted by molar-refractivity contribution is -0.115. The zero-order valence-corrected chi connectivity index (χ0v) is 9.21. The van der Waals surface area contributed by atoms with Crippen LogP contribution in [0.25, 0.3) is 0 Å². The number of nitrogens with zero attached hydrogens (tertiary/aromatic N) is 2. The second-order valence-corrected chi connectivity index (χ2v) is 3.27. The molecule has 0 fully saturated rings. The molecule has 0 saturated carbocycles. The minimum absolute atomic E-state index is 0.120. The van der Waals surface area contributed by atoms with Crippen LogP contribution in [0.1, 0.15) is 13.3 Å². The molecule has 0 saturated heterocycles. The molecule has 2 N–H and O–H groups in total. The standard InChI is InChI=1S/C9H13ClN4O/c1-2-4-11-6-8(15)13-7-3-5-12-9(10)14-7/h3,5,11H,2,4,6H2,1H3,(H,12,13,14,15). The molecule has 0 aliphatic heterocycles. The van der Waals surface area contributed by atoms with Crippen molar-refractivity contribution in [3.8, 4) is 0 Å². The quantitative estimate of drug-likeness (QED) is 0.585. The molecule has 82 valence electrons. The molecule has 6 heteroatoms. The van der Waals surface area contributed by atoms with Gasteiger partial charge in [0.25, 0.3) is 0 Å². The number of halogens is 1. The number of amides is 1. The molecular weight excluding hydrogens is 216 g/mol. The average Bonchev–Trinajstić information content (AvgIpc) is 2.18. The lowest BCUT2D eigenvalue weighted by Gasteiger charge is -2.04. The number of carbonyl (C=O) groups is 1. The van der Waals surface area contributed by atoms with Crippen molar-refractivity contribution in [2.75, 3.05) is 18.4 Å². The van der Waals surface area contributed by atoms with Gasteiger partial charge in [0.2, 0.25) is 11.2 Å². The van der Waals surface area contributed by atoms with Crippen molar-refractivity contribution >= 4 is 23.3 Å². The second-order valence-electron chi connectivity index (χ2n) is 2.94. The summed E-state index contributed by atoms with van der Waals surface area (Å²) in [6.07, 6.45) is 2.48. The maximum Gasteiger partial charge on any atom is 0.239 e. The van der Waals surface area contributed by atoms with Gasteiger partial charge < -0.3 is 10.6 Å². The summed E-state index contributed by atoms with van der Waals surface area (Å²) >= 11 is 5.57. The van der Waals surface area contributed by atoms with Gasteiger partial charge in [0.1, 0.15) is 5.82 Å². The van der Waals surface area contributed by atoms with Gasteiger partial charge in [0.15, 0.2) is 0 Å². The summed E-state index contributed by atoms with van der Waals surface area (Å²) in [6.45, 7) is 3.13. The summed E-state index contributed by atoms with van der Waals surface area (Å²) < 4.78 is 0. The second kappa shape index (κ2) is 6.31. The molecule has 1 amide bonds. The largest absolute Gasteiger partial charge is 0.309 e. The minimum Gasteiger partial charge on any atom is -0.309 e. The molecule has 1 aromatic heterocycles. The average molecular weight is 229 g/mol. The van der Waals surface area contributed by atoms with Crippen LogP contribution in [-0.4, -0.2) is 29.0 Å². The molecule has 0 aromatic carbocycles. The number of hydrogen-bond acceptors (Lipinski definition) is 4. The zero-order valence-electron chi connectivity index (χ0n) is 8.46. The molecule has 0 aliphatic carbocycles. The molecule has 0 unspecified atom stereocenters. The van der Waals surface area contributed by atoms with E-state index in [1.807, 2.05) is 6.92 Å². The topological polar surface area (TPSA) is 66.9 Å². The molecule has 0 spiro atoms. The zero-order chi connectivity index (χ0) is 11.1. The Labute approximate surface area is 93.3 Å². The normalized spacial score (nSPS) is 10.0. The predicted octanol–water partition coefficient (Wildman–Crippen LogP) is 1.07. The number of hydrogen-bond donors (Lipinski definition) is 2. The Morgan fingerprint density at radius 2 is 2.40 bits per heavy atom. The van der Waals surface area contributed by atoms with E-state index in [4.69, 9.17) is 11.6 Å². The van der Waals surface area contributed by atoms with Gasteiger partial charge in [0.05, 0.1) is 6.54 Å². The summed E-state index contributed by atoms with van der Waals surface area (Å²) in [5, 5.41) is 5.71. The van der Waals surface area contributed by atoms with Crippen LogP contribution in [0, 0.1) is 0 Å². The fourth-order valence-corrected chi connectivity index (χ4v) is 1.12. The number of anilines is 1. The highest BCUT2D eigenvalue weighted by Gasteiger charge is 2.02. The van der Waals surface area contributed by atoms with E-state index in [0.29, 0.717) is 5.82 Å². The Kier molecular flexibility index (Phi) is 5.00. The molecule has 5 nitrogen and oxygen atoms in total. The number of carbonyl (C=O) groups excluding carboxylic acids is 1. The van der Waals surface area contributed by atoms with Gasteiger partial charge in [-0.2, -0.15) is 0 Å². The van der Waals surface area contributed by atoms with Gasteiger partial charge >= 0.3 is 0 Å². The molecule has 0 atom stereocenters. The predicted molar refractivity (Wildman–Crippen MR) is 58.8 cm³/mol. The van der Waals surface area contributed by atoms with E-state index in [0.717, 1.165) is 13.0 Å². The molecule has 15 heavy (non-hydrogen) atoms. The molecule has 1 heterocycles. The third-order valence-electron chi connectivity index (χ3n) is 1.61. The highest BCUT2D eigenvalue weighted by molar-refractivity contribution is 6.28. The third-order valence-corrected chi connectivity index (χ3v) is 1.79. The van der Waals surface area contributed by atoms with E-state index in [1.54, 1.807) is 6.07 Å². The van der Waals surface area contributed by atoms with Crippen LogP contribution in [0.4, 0.5) is 5.82 Å². The maximum atomic E-state index is 11.3. The van der Waals surface area contributed by atoms with Gasteiger partial charge in [-0.3, -0.25) is 4.79 Å². The van der Waals surface area contributed by atoms with Crippen molar-refractivity contribution in [3.05, 3.63) is 17.5 Å². The van der Waals surface area contributed by atoms with E-state index in [9.17, 15) is 4.79 Å². The van der Waals surface area contributed by atoms with Crippen molar-refractivity contribution in [1.82, 2.24) is 15.3 Å². The maximum absolute atomic E-state index is 11.3. The Hall–Kier alpha value is -1.20. The van der Waals surface area contributed by atoms with E-state index in [2.05, 4.69) is 20.6 Å². The molecule has 0 radical (unpaired) electrons. The van der Waals surface area contributed by atoms with Crippen molar-refractivity contribution in [3.63, 3.8) is 0 Å². The van der Waals surface area contributed by atoms with Gasteiger partial charge in [0, 0.05) is 6.20 Å². The first kappa shape index (κ1) is 11.9. The fraction of sp³-hybridized carbons (Fsp3) is 0.444.